The monoisotopic (exact) mass is 257 g/mol. The second kappa shape index (κ2) is 4.76. The number of carbonyl (C=O) groups is 1. The number of phenols is 1. The third-order valence-electron chi connectivity index (χ3n) is 3.49. The van der Waals surface area contributed by atoms with Crippen molar-refractivity contribution in [2.45, 2.75) is 19.3 Å². The smallest absolute Gasteiger partial charge is 0.227 e. The number of hydrogen-bond donors (Lipinski definition) is 3. The summed E-state index contributed by atoms with van der Waals surface area (Å²) in [6.45, 7) is 0. The van der Waals surface area contributed by atoms with Crippen LogP contribution in [0.2, 0.25) is 0 Å². The number of aromatic nitrogens is 2. The van der Waals surface area contributed by atoms with Gasteiger partial charge in [0.25, 0.3) is 0 Å². The van der Waals surface area contributed by atoms with Gasteiger partial charge in [-0.1, -0.05) is 0 Å². The Morgan fingerprint density at radius 2 is 2.16 bits per heavy atom. The van der Waals surface area contributed by atoms with Crippen molar-refractivity contribution in [2.75, 3.05) is 5.32 Å². The van der Waals surface area contributed by atoms with E-state index in [1.54, 1.807) is 30.6 Å². The van der Waals surface area contributed by atoms with Crippen LogP contribution in [0.25, 0.3) is 0 Å². The molecule has 1 aromatic heterocycles. The van der Waals surface area contributed by atoms with Gasteiger partial charge in [-0.2, -0.15) is 0 Å². The van der Waals surface area contributed by atoms with Crippen molar-refractivity contribution in [3.63, 3.8) is 0 Å². The van der Waals surface area contributed by atoms with Crippen molar-refractivity contribution < 1.29 is 9.90 Å². The first-order chi connectivity index (χ1) is 9.22. The van der Waals surface area contributed by atoms with Gasteiger partial charge in [-0.3, -0.25) is 4.79 Å². The number of phenolic OH excluding ortho intramolecular Hbond substituents is 1. The van der Waals surface area contributed by atoms with Gasteiger partial charge in [0.1, 0.15) is 5.75 Å². The average Bonchev–Trinajstić information content (AvgIpc) is 2.88. The van der Waals surface area contributed by atoms with Gasteiger partial charge in [-0.25, -0.2) is 4.98 Å². The molecule has 0 saturated heterocycles. The number of aryl methyl sites for hydroxylation is 1. The van der Waals surface area contributed by atoms with E-state index in [2.05, 4.69) is 15.3 Å². The first-order valence-electron chi connectivity index (χ1n) is 6.33. The molecule has 0 spiro atoms. The fourth-order valence-electron chi connectivity index (χ4n) is 2.41. The molecule has 98 valence electrons. The summed E-state index contributed by atoms with van der Waals surface area (Å²) >= 11 is 0. The topological polar surface area (TPSA) is 78.0 Å². The van der Waals surface area contributed by atoms with Crippen molar-refractivity contribution in [3.8, 4) is 5.75 Å². The van der Waals surface area contributed by atoms with Crippen LogP contribution in [-0.4, -0.2) is 21.0 Å². The quantitative estimate of drug-likeness (QED) is 0.718. The number of imidazole rings is 1. The van der Waals surface area contributed by atoms with E-state index in [1.165, 1.54) is 0 Å². The van der Waals surface area contributed by atoms with E-state index in [9.17, 15) is 9.90 Å². The lowest BCUT2D eigenvalue weighted by atomic mass is 9.89. The van der Waals surface area contributed by atoms with Crippen LogP contribution in [0.3, 0.4) is 0 Å². The van der Waals surface area contributed by atoms with Crippen LogP contribution in [0.15, 0.2) is 30.6 Å². The molecule has 3 N–H and O–H groups in total. The third kappa shape index (κ3) is 2.45. The Morgan fingerprint density at radius 1 is 1.37 bits per heavy atom. The molecule has 2 aromatic rings. The first kappa shape index (κ1) is 11.8. The van der Waals surface area contributed by atoms with Gasteiger partial charge in [0.2, 0.25) is 5.91 Å². The maximum atomic E-state index is 12.2. The molecule has 0 radical (unpaired) electrons. The van der Waals surface area contributed by atoms with Gasteiger partial charge in [-0.15, -0.1) is 0 Å². The molecular weight excluding hydrogens is 242 g/mol. The van der Waals surface area contributed by atoms with Crippen LogP contribution in [-0.2, 0) is 17.6 Å². The molecule has 1 atom stereocenters. The largest absolute Gasteiger partial charge is 0.508 e. The van der Waals surface area contributed by atoms with E-state index < -0.39 is 0 Å². The van der Waals surface area contributed by atoms with E-state index in [0.29, 0.717) is 12.1 Å². The summed E-state index contributed by atoms with van der Waals surface area (Å²) in [6.07, 6.45) is 4.05. The summed E-state index contributed by atoms with van der Waals surface area (Å²) in [6, 6.07) is 6.50. The minimum atomic E-state index is -0.0262. The molecule has 1 unspecified atom stereocenters. The molecule has 0 saturated carbocycles. The lowest BCUT2D eigenvalue weighted by molar-refractivity contribution is -0.120. The van der Waals surface area contributed by atoms with Crippen molar-refractivity contribution >= 4 is 11.6 Å². The van der Waals surface area contributed by atoms with Crippen molar-refractivity contribution in [1.29, 1.82) is 0 Å². The van der Waals surface area contributed by atoms with Gasteiger partial charge in [0.15, 0.2) is 0 Å². The molecule has 1 amide bonds. The van der Waals surface area contributed by atoms with Crippen LogP contribution >= 0.6 is 0 Å². The van der Waals surface area contributed by atoms with Crippen molar-refractivity contribution in [3.05, 3.63) is 42.0 Å². The SMILES string of the molecule is O=C(Nc1ccc(O)cc1)C1CCc2nc[nH]c2C1. The van der Waals surface area contributed by atoms with E-state index in [0.717, 1.165) is 24.2 Å². The summed E-state index contributed by atoms with van der Waals surface area (Å²) in [4.78, 5) is 19.5. The lowest BCUT2D eigenvalue weighted by Crippen LogP contribution is -2.28. The molecule has 1 heterocycles. The molecular formula is C14H15N3O2. The maximum Gasteiger partial charge on any atom is 0.227 e. The number of rotatable bonds is 2. The Hall–Kier alpha value is -2.30. The Morgan fingerprint density at radius 3 is 2.95 bits per heavy atom. The highest BCUT2D eigenvalue weighted by Gasteiger charge is 2.26. The molecule has 1 aliphatic carbocycles. The number of fused-ring (bicyclic) bond motifs is 1. The number of aromatic amines is 1. The van der Waals surface area contributed by atoms with E-state index in [1.807, 2.05) is 0 Å². The zero-order chi connectivity index (χ0) is 13.2. The highest BCUT2D eigenvalue weighted by Crippen LogP contribution is 2.24. The Kier molecular flexibility index (Phi) is 2.95. The Labute approximate surface area is 110 Å². The van der Waals surface area contributed by atoms with Gasteiger partial charge in [0.05, 0.1) is 12.0 Å². The molecule has 3 rings (SSSR count). The normalized spacial score (nSPS) is 17.8. The minimum Gasteiger partial charge on any atom is -0.508 e. The highest BCUT2D eigenvalue weighted by atomic mass is 16.3. The van der Waals surface area contributed by atoms with E-state index in [4.69, 9.17) is 0 Å². The third-order valence-corrected chi connectivity index (χ3v) is 3.49. The van der Waals surface area contributed by atoms with Crippen LogP contribution < -0.4 is 5.32 Å². The minimum absolute atomic E-state index is 0.0194. The predicted octanol–water partition coefficient (Wildman–Crippen LogP) is 1.86. The molecule has 0 aliphatic heterocycles. The number of nitrogens with one attached hydrogen (secondary N) is 2. The molecule has 0 fully saturated rings. The average molecular weight is 257 g/mol. The molecule has 5 nitrogen and oxygen atoms in total. The molecule has 5 heteroatoms. The van der Waals surface area contributed by atoms with Crippen LogP contribution in [0.5, 0.6) is 5.75 Å². The summed E-state index contributed by atoms with van der Waals surface area (Å²) in [5.41, 5.74) is 2.85. The lowest BCUT2D eigenvalue weighted by Gasteiger charge is -2.20. The highest BCUT2D eigenvalue weighted by molar-refractivity contribution is 5.92. The van der Waals surface area contributed by atoms with Crippen LogP contribution in [0, 0.1) is 5.92 Å². The number of aromatic hydroxyl groups is 1. The summed E-state index contributed by atoms with van der Waals surface area (Å²) < 4.78 is 0. The van der Waals surface area contributed by atoms with Crippen LogP contribution in [0.1, 0.15) is 17.8 Å². The molecule has 1 aliphatic rings. The van der Waals surface area contributed by atoms with Gasteiger partial charge in [0, 0.05) is 23.7 Å². The standard InChI is InChI=1S/C14H15N3O2/c18-11-4-2-10(3-5-11)17-14(19)9-1-6-12-13(7-9)16-8-15-12/h2-5,8-9,18H,1,6-7H2,(H,15,16)(H,17,19). The predicted molar refractivity (Wildman–Crippen MR) is 70.8 cm³/mol. The van der Waals surface area contributed by atoms with Gasteiger partial charge in [-0.05, 0) is 37.1 Å². The molecule has 0 bridgehead atoms. The zero-order valence-corrected chi connectivity index (χ0v) is 10.4. The summed E-state index contributed by atoms with van der Waals surface area (Å²) in [5, 5.41) is 12.1. The fraction of sp³-hybridized carbons (Fsp3) is 0.286. The number of anilines is 1. The summed E-state index contributed by atoms with van der Waals surface area (Å²) in [7, 11) is 0. The number of hydrogen-bond acceptors (Lipinski definition) is 3. The van der Waals surface area contributed by atoms with Crippen molar-refractivity contribution in [2.24, 2.45) is 5.92 Å². The fourth-order valence-corrected chi connectivity index (χ4v) is 2.41. The number of amides is 1. The second-order valence-electron chi connectivity index (χ2n) is 4.80. The summed E-state index contributed by atoms with van der Waals surface area (Å²) in [5.74, 6) is 0.186. The number of carbonyl (C=O) groups excluding carboxylic acids is 1. The Balaban J connectivity index is 1.67. The van der Waals surface area contributed by atoms with E-state index >= 15 is 0 Å². The first-order valence-corrected chi connectivity index (χ1v) is 6.33. The second-order valence-corrected chi connectivity index (χ2v) is 4.80. The van der Waals surface area contributed by atoms with Gasteiger partial charge < -0.3 is 15.4 Å². The van der Waals surface area contributed by atoms with Gasteiger partial charge >= 0.3 is 0 Å². The van der Waals surface area contributed by atoms with Crippen molar-refractivity contribution in [1.82, 2.24) is 9.97 Å². The number of H-pyrrole nitrogens is 1. The number of benzene rings is 1. The number of nitrogens with zero attached hydrogens (tertiary/aromatic N) is 1. The molecule has 19 heavy (non-hydrogen) atoms. The molecule has 1 aromatic carbocycles. The van der Waals surface area contributed by atoms with E-state index in [-0.39, 0.29) is 17.6 Å². The zero-order valence-electron chi connectivity index (χ0n) is 10.4. The maximum absolute atomic E-state index is 12.2. The van der Waals surface area contributed by atoms with Crippen LogP contribution in [0.4, 0.5) is 5.69 Å². The Bertz CT molecular complexity index is 589.